The number of nitrogen functional groups attached to an aromatic ring is 1. The van der Waals surface area contributed by atoms with Gasteiger partial charge in [-0.1, -0.05) is 0 Å². The average Bonchev–Trinajstić information content (AvgIpc) is 3.18. The molecule has 0 saturated carbocycles. The molecule has 1 aromatic carbocycles. The Morgan fingerprint density at radius 1 is 1.13 bits per heavy atom. The highest BCUT2D eigenvalue weighted by molar-refractivity contribution is 7.17. The number of rotatable bonds is 4. The van der Waals surface area contributed by atoms with Crippen molar-refractivity contribution in [2.45, 2.75) is 0 Å². The first-order valence-corrected chi connectivity index (χ1v) is 10.1. The van der Waals surface area contributed by atoms with Crippen molar-refractivity contribution >= 4 is 50.9 Å². The minimum atomic E-state index is -0.534. The zero-order valence-electron chi connectivity index (χ0n) is 16.3. The van der Waals surface area contributed by atoms with Crippen LogP contribution in [0.3, 0.4) is 0 Å². The quantitative estimate of drug-likeness (QED) is 0.576. The predicted molar refractivity (Wildman–Crippen MR) is 116 cm³/mol. The van der Waals surface area contributed by atoms with Crippen molar-refractivity contribution in [1.29, 1.82) is 0 Å². The number of hydrogen-bond donors (Lipinski definition) is 3. The van der Waals surface area contributed by atoms with E-state index in [1.165, 1.54) is 11.3 Å². The number of amides is 3. The molecule has 4 rings (SSSR count). The Morgan fingerprint density at radius 2 is 1.83 bits per heavy atom. The molecule has 0 aliphatic carbocycles. The number of thiophene rings is 1. The molecule has 1 aliphatic rings. The summed E-state index contributed by atoms with van der Waals surface area (Å²) in [5.74, 6) is 0.895. The van der Waals surface area contributed by atoms with E-state index in [1.807, 2.05) is 4.90 Å². The first kappa shape index (κ1) is 19.7. The molecule has 3 aromatic rings. The van der Waals surface area contributed by atoms with Crippen molar-refractivity contribution in [3.63, 3.8) is 0 Å². The van der Waals surface area contributed by atoms with Gasteiger partial charge in [-0.2, -0.15) is 4.98 Å². The Labute approximate surface area is 176 Å². The minimum Gasteiger partial charge on any atom is -0.497 e. The van der Waals surface area contributed by atoms with E-state index < -0.39 is 5.91 Å². The van der Waals surface area contributed by atoms with Gasteiger partial charge in [-0.25, -0.2) is 9.78 Å². The van der Waals surface area contributed by atoms with Gasteiger partial charge in [0, 0.05) is 37.2 Å². The summed E-state index contributed by atoms with van der Waals surface area (Å²) in [6.07, 6.45) is 0. The molecule has 0 unspecified atom stereocenters. The van der Waals surface area contributed by atoms with Crippen LogP contribution >= 0.6 is 11.3 Å². The van der Waals surface area contributed by atoms with Gasteiger partial charge >= 0.3 is 6.03 Å². The summed E-state index contributed by atoms with van der Waals surface area (Å²) in [7, 11) is 1.59. The van der Waals surface area contributed by atoms with Crippen molar-refractivity contribution in [1.82, 2.24) is 14.9 Å². The molecule has 1 saturated heterocycles. The Kier molecular flexibility index (Phi) is 5.27. The van der Waals surface area contributed by atoms with E-state index in [0.717, 1.165) is 5.75 Å². The fraction of sp³-hybridized carbons (Fsp3) is 0.263. The van der Waals surface area contributed by atoms with E-state index in [-0.39, 0.29) is 12.0 Å². The summed E-state index contributed by atoms with van der Waals surface area (Å²) in [6, 6.07) is 6.97. The molecular formula is C19H21N7O3S. The third-order valence-corrected chi connectivity index (χ3v) is 5.78. The maximum absolute atomic E-state index is 12.6. The number of piperazine rings is 1. The Morgan fingerprint density at radius 3 is 2.47 bits per heavy atom. The van der Waals surface area contributed by atoms with Crippen LogP contribution in [-0.4, -0.2) is 60.1 Å². The summed E-state index contributed by atoms with van der Waals surface area (Å²) in [4.78, 5) is 37.3. The number of nitrogens with zero attached hydrogens (tertiary/aromatic N) is 4. The van der Waals surface area contributed by atoms with Gasteiger partial charge in [-0.15, -0.1) is 11.3 Å². The van der Waals surface area contributed by atoms with E-state index in [1.54, 1.807) is 41.7 Å². The van der Waals surface area contributed by atoms with Crippen LogP contribution in [-0.2, 0) is 0 Å². The van der Waals surface area contributed by atoms with Gasteiger partial charge in [0.15, 0.2) is 0 Å². The molecule has 1 aliphatic heterocycles. The number of anilines is 3. The second-order valence-electron chi connectivity index (χ2n) is 6.73. The van der Waals surface area contributed by atoms with Gasteiger partial charge in [-0.3, -0.25) is 4.79 Å². The van der Waals surface area contributed by atoms with Crippen LogP contribution in [0.4, 0.5) is 22.2 Å². The topological polar surface area (TPSA) is 140 Å². The number of aromatic nitrogens is 2. The van der Waals surface area contributed by atoms with Gasteiger partial charge in [0.1, 0.15) is 16.4 Å². The number of carbonyl (C=O) groups is 2. The summed E-state index contributed by atoms with van der Waals surface area (Å²) in [5.41, 5.74) is 12.4. The maximum Gasteiger partial charge on any atom is 0.321 e. The molecule has 3 heterocycles. The number of methoxy groups -OCH3 is 1. The molecule has 2 aromatic heterocycles. The predicted octanol–water partition coefficient (Wildman–Crippen LogP) is 1.74. The van der Waals surface area contributed by atoms with Crippen LogP contribution in [0, 0.1) is 0 Å². The van der Waals surface area contributed by atoms with Crippen LogP contribution in [0.15, 0.2) is 29.6 Å². The van der Waals surface area contributed by atoms with Gasteiger partial charge in [0.2, 0.25) is 11.9 Å². The molecule has 30 heavy (non-hydrogen) atoms. The molecule has 5 N–H and O–H groups in total. The molecule has 156 valence electrons. The number of ether oxygens (including phenoxy) is 1. The Hall–Kier alpha value is -3.60. The van der Waals surface area contributed by atoms with Crippen LogP contribution in [0.2, 0.25) is 0 Å². The van der Waals surface area contributed by atoms with Gasteiger partial charge in [0.05, 0.1) is 18.1 Å². The molecule has 0 radical (unpaired) electrons. The lowest BCUT2D eigenvalue weighted by atomic mass is 10.2. The lowest BCUT2D eigenvalue weighted by Crippen LogP contribution is -2.50. The van der Waals surface area contributed by atoms with Gasteiger partial charge < -0.3 is 31.3 Å². The maximum atomic E-state index is 12.6. The first-order valence-electron chi connectivity index (χ1n) is 9.25. The number of carbonyl (C=O) groups excluding carboxylic acids is 2. The van der Waals surface area contributed by atoms with Gasteiger partial charge in [-0.05, 0) is 24.3 Å². The van der Waals surface area contributed by atoms with Crippen LogP contribution in [0.5, 0.6) is 5.75 Å². The molecule has 3 amide bonds. The highest BCUT2D eigenvalue weighted by atomic mass is 32.1. The highest BCUT2D eigenvalue weighted by Gasteiger charge is 2.26. The lowest BCUT2D eigenvalue weighted by molar-refractivity contribution is 0.100. The van der Waals surface area contributed by atoms with Crippen LogP contribution in [0.1, 0.15) is 10.4 Å². The lowest BCUT2D eigenvalue weighted by Gasteiger charge is -2.35. The minimum absolute atomic E-state index is 0.134. The smallest absolute Gasteiger partial charge is 0.321 e. The Bertz CT molecular complexity index is 1090. The van der Waals surface area contributed by atoms with E-state index in [4.69, 9.17) is 16.2 Å². The fourth-order valence-corrected chi connectivity index (χ4v) is 4.28. The standard InChI is InChI=1S/C19H21N7O3S/c1-29-12-4-2-11(3-5-12)22-19(28)26-8-6-25(7-9-26)16-14-13(15(20)27)10-30-17(14)24-18(21)23-16/h2-5,10H,6-9H2,1H3,(H2,20,27)(H,22,28)(H2,21,23,24). The second-order valence-corrected chi connectivity index (χ2v) is 7.59. The normalized spacial score (nSPS) is 14.0. The zero-order chi connectivity index (χ0) is 21.3. The number of hydrogen-bond acceptors (Lipinski definition) is 8. The zero-order valence-corrected chi connectivity index (χ0v) is 17.1. The third-order valence-electron chi connectivity index (χ3n) is 4.90. The number of nitrogens with one attached hydrogen (secondary N) is 1. The molecular weight excluding hydrogens is 406 g/mol. The SMILES string of the molecule is COc1ccc(NC(=O)N2CCN(c3nc(N)nc4scc(C(N)=O)c34)CC2)cc1. The average molecular weight is 427 g/mol. The first-order chi connectivity index (χ1) is 14.5. The van der Waals surface area contributed by atoms with E-state index in [0.29, 0.717) is 53.5 Å². The monoisotopic (exact) mass is 427 g/mol. The molecule has 0 spiro atoms. The highest BCUT2D eigenvalue weighted by Crippen LogP contribution is 2.33. The molecule has 1 fully saturated rings. The second kappa shape index (κ2) is 8.03. The largest absolute Gasteiger partial charge is 0.497 e. The van der Waals surface area contributed by atoms with Crippen LogP contribution in [0.25, 0.3) is 10.2 Å². The number of primary amides is 1. The molecule has 0 atom stereocenters. The summed E-state index contributed by atoms with van der Waals surface area (Å²) in [6.45, 7) is 2.05. The molecule has 10 nitrogen and oxygen atoms in total. The summed E-state index contributed by atoms with van der Waals surface area (Å²) in [5, 5.41) is 5.16. The molecule has 11 heteroatoms. The van der Waals surface area contributed by atoms with Gasteiger partial charge in [0.25, 0.3) is 0 Å². The Balaban J connectivity index is 1.47. The van der Waals surface area contributed by atoms with Crippen molar-refractivity contribution in [2.75, 3.05) is 49.2 Å². The summed E-state index contributed by atoms with van der Waals surface area (Å²) < 4.78 is 5.12. The van der Waals surface area contributed by atoms with Crippen molar-refractivity contribution in [3.8, 4) is 5.75 Å². The van der Waals surface area contributed by atoms with E-state index in [9.17, 15) is 9.59 Å². The number of fused-ring (bicyclic) bond motifs is 1. The number of nitrogens with two attached hydrogens (primary N) is 2. The van der Waals surface area contributed by atoms with E-state index >= 15 is 0 Å². The fourth-order valence-electron chi connectivity index (χ4n) is 3.35. The van der Waals surface area contributed by atoms with Crippen molar-refractivity contribution in [3.05, 3.63) is 35.2 Å². The summed E-state index contributed by atoms with van der Waals surface area (Å²) >= 11 is 1.30. The van der Waals surface area contributed by atoms with Crippen molar-refractivity contribution in [2.24, 2.45) is 5.73 Å². The van der Waals surface area contributed by atoms with Crippen molar-refractivity contribution < 1.29 is 14.3 Å². The third kappa shape index (κ3) is 3.79. The molecule has 0 bridgehead atoms. The number of benzene rings is 1. The van der Waals surface area contributed by atoms with E-state index in [2.05, 4.69) is 15.3 Å². The van der Waals surface area contributed by atoms with Crippen LogP contribution < -0.4 is 26.4 Å². The number of urea groups is 1.